The molecule has 19 heavy (non-hydrogen) atoms. The lowest BCUT2D eigenvalue weighted by Crippen LogP contribution is -2.39. The maximum atomic E-state index is 12.4. The van der Waals surface area contributed by atoms with Gasteiger partial charge in [0.05, 0.1) is 6.54 Å². The molecule has 1 aromatic heterocycles. The third kappa shape index (κ3) is 3.07. The quantitative estimate of drug-likeness (QED) is 0.779. The first-order valence-electron chi connectivity index (χ1n) is 6.94. The number of aryl methyl sites for hydroxylation is 1. The number of nitrogens with zero attached hydrogens (tertiary/aromatic N) is 2. The zero-order valence-corrected chi connectivity index (χ0v) is 12.4. The summed E-state index contributed by atoms with van der Waals surface area (Å²) in [5.41, 5.74) is 3.05. The molecule has 1 fully saturated rings. The van der Waals surface area contributed by atoms with Crippen LogP contribution in [0.1, 0.15) is 34.6 Å². The number of carbonyl (C=O) groups excluding carboxylic acids is 1. The third-order valence-electron chi connectivity index (χ3n) is 4.28. The summed E-state index contributed by atoms with van der Waals surface area (Å²) in [6.07, 6.45) is 2.05. The first-order valence-corrected chi connectivity index (χ1v) is 6.94. The fourth-order valence-electron chi connectivity index (χ4n) is 2.70. The second-order valence-electron chi connectivity index (χ2n) is 5.53. The van der Waals surface area contributed by atoms with E-state index >= 15 is 0 Å². The summed E-state index contributed by atoms with van der Waals surface area (Å²) in [4.78, 5) is 14.6. The minimum Gasteiger partial charge on any atom is -0.381 e. The highest BCUT2D eigenvalue weighted by atomic mass is 16.5. The molecule has 1 aliphatic rings. The van der Waals surface area contributed by atoms with Crippen molar-refractivity contribution in [2.75, 3.05) is 26.8 Å². The van der Waals surface area contributed by atoms with E-state index in [2.05, 4.69) is 9.47 Å². The van der Waals surface area contributed by atoms with Gasteiger partial charge < -0.3 is 9.30 Å². The van der Waals surface area contributed by atoms with Gasteiger partial charge in [-0.05, 0) is 39.8 Å². The summed E-state index contributed by atoms with van der Waals surface area (Å²) in [6, 6.07) is 2.47. The molecule has 0 aromatic carbocycles. The van der Waals surface area contributed by atoms with E-state index in [0.717, 1.165) is 43.0 Å². The molecule has 0 aliphatic carbocycles. The highest BCUT2D eigenvalue weighted by Gasteiger charge is 2.22. The molecule has 4 nitrogen and oxygen atoms in total. The van der Waals surface area contributed by atoms with Gasteiger partial charge in [0.15, 0.2) is 5.78 Å². The summed E-state index contributed by atoms with van der Waals surface area (Å²) in [5.74, 6) is 0.218. The van der Waals surface area contributed by atoms with Crippen molar-refractivity contribution < 1.29 is 9.53 Å². The number of carbonyl (C=O) groups is 1. The first kappa shape index (κ1) is 14.3. The van der Waals surface area contributed by atoms with Crippen LogP contribution in [0.4, 0.5) is 0 Å². The molecule has 0 bridgehead atoms. The maximum absolute atomic E-state index is 12.4. The lowest BCUT2D eigenvalue weighted by Gasteiger charge is -2.30. The summed E-state index contributed by atoms with van der Waals surface area (Å²) in [6.45, 7) is 6.16. The fourth-order valence-corrected chi connectivity index (χ4v) is 2.70. The van der Waals surface area contributed by atoms with Crippen LogP contribution in [0.2, 0.25) is 0 Å². The van der Waals surface area contributed by atoms with Crippen molar-refractivity contribution in [1.82, 2.24) is 9.47 Å². The number of ketones is 1. The van der Waals surface area contributed by atoms with Gasteiger partial charge in [-0.25, -0.2) is 0 Å². The number of aromatic nitrogens is 1. The topological polar surface area (TPSA) is 34.5 Å². The molecule has 0 spiro atoms. The third-order valence-corrected chi connectivity index (χ3v) is 4.28. The largest absolute Gasteiger partial charge is 0.381 e. The average Bonchev–Trinajstić information content (AvgIpc) is 2.67. The van der Waals surface area contributed by atoms with Gasteiger partial charge in [0.1, 0.15) is 0 Å². The second-order valence-corrected chi connectivity index (χ2v) is 5.53. The zero-order valence-electron chi connectivity index (χ0n) is 12.4. The Balaban J connectivity index is 2.01. The lowest BCUT2D eigenvalue weighted by atomic mass is 10.1. The van der Waals surface area contributed by atoms with E-state index in [4.69, 9.17) is 4.74 Å². The predicted molar refractivity (Wildman–Crippen MR) is 75.7 cm³/mol. The normalized spacial score (nSPS) is 17.1. The smallest absolute Gasteiger partial charge is 0.178 e. The van der Waals surface area contributed by atoms with Crippen LogP contribution >= 0.6 is 0 Å². The fraction of sp³-hybridized carbons (Fsp3) is 0.667. The molecular weight excluding hydrogens is 240 g/mol. The molecule has 0 amide bonds. The summed E-state index contributed by atoms with van der Waals surface area (Å²) < 4.78 is 7.43. The molecule has 1 saturated heterocycles. The molecular formula is C15H24N2O2. The van der Waals surface area contributed by atoms with Crippen molar-refractivity contribution in [2.45, 2.75) is 32.7 Å². The van der Waals surface area contributed by atoms with Crippen molar-refractivity contribution >= 4 is 5.78 Å². The molecule has 0 saturated carbocycles. The zero-order chi connectivity index (χ0) is 14.0. The number of ether oxygens (including phenoxy) is 1. The minimum atomic E-state index is 0.218. The van der Waals surface area contributed by atoms with Gasteiger partial charge in [0, 0.05) is 43.3 Å². The van der Waals surface area contributed by atoms with E-state index in [9.17, 15) is 4.79 Å². The van der Waals surface area contributed by atoms with Crippen LogP contribution in [0.3, 0.4) is 0 Å². The predicted octanol–water partition coefficient (Wildman–Crippen LogP) is 1.94. The number of hydrogen-bond acceptors (Lipinski definition) is 3. The Morgan fingerprint density at radius 1 is 1.42 bits per heavy atom. The highest BCUT2D eigenvalue weighted by molar-refractivity contribution is 5.99. The monoisotopic (exact) mass is 264 g/mol. The van der Waals surface area contributed by atoms with E-state index in [1.54, 1.807) is 0 Å². The molecule has 0 N–H and O–H groups in total. The molecule has 0 unspecified atom stereocenters. The van der Waals surface area contributed by atoms with Crippen LogP contribution in [-0.2, 0) is 11.8 Å². The van der Waals surface area contributed by atoms with Gasteiger partial charge in [0.2, 0.25) is 0 Å². The Hall–Kier alpha value is -1.13. The Morgan fingerprint density at radius 3 is 2.58 bits per heavy atom. The van der Waals surface area contributed by atoms with Gasteiger partial charge in [-0.3, -0.25) is 9.69 Å². The summed E-state index contributed by atoms with van der Waals surface area (Å²) in [5, 5.41) is 0. The van der Waals surface area contributed by atoms with Gasteiger partial charge in [-0.1, -0.05) is 0 Å². The maximum Gasteiger partial charge on any atom is 0.178 e. The van der Waals surface area contributed by atoms with Crippen LogP contribution in [0.25, 0.3) is 0 Å². The van der Waals surface area contributed by atoms with E-state index in [1.807, 2.05) is 34.0 Å². The van der Waals surface area contributed by atoms with Crippen molar-refractivity contribution in [3.05, 3.63) is 23.0 Å². The molecule has 106 valence electrons. The summed E-state index contributed by atoms with van der Waals surface area (Å²) >= 11 is 0. The Labute approximate surface area is 115 Å². The molecule has 2 rings (SSSR count). The molecule has 1 aromatic rings. The first-order chi connectivity index (χ1) is 9.00. The van der Waals surface area contributed by atoms with Gasteiger partial charge in [0.25, 0.3) is 0 Å². The van der Waals surface area contributed by atoms with Gasteiger partial charge in [-0.15, -0.1) is 0 Å². The summed E-state index contributed by atoms with van der Waals surface area (Å²) in [7, 11) is 4.04. The van der Waals surface area contributed by atoms with Crippen LogP contribution in [0, 0.1) is 13.8 Å². The van der Waals surface area contributed by atoms with E-state index < -0.39 is 0 Å². The lowest BCUT2D eigenvalue weighted by molar-refractivity contribution is 0.0418. The Kier molecular flexibility index (Phi) is 4.42. The van der Waals surface area contributed by atoms with Crippen LogP contribution < -0.4 is 0 Å². The number of rotatable bonds is 4. The molecule has 0 radical (unpaired) electrons. The highest BCUT2D eigenvalue weighted by Crippen LogP contribution is 2.17. The van der Waals surface area contributed by atoms with E-state index in [0.29, 0.717) is 12.6 Å². The van der Waals surface area contributed by atoms with Crippen molar-refractivity contribution in [3.63, 3.8) is 0 Å². The Bertz CT molecular complexity index is 459. The average molecular weight is 264 g/mol. The SMILES string of the molecule is Cc1cc(C(=O)CN(C)C2CCOCC2)c(C)n1C. The number of hydrogen-bond donors (Lipinski definition) is 0. The second kappa shape index (κ2) is 5.88. The van der Waals surface area contributed by atoms with E-state index in [1.165, 1.54) is 0 Å². The number of Topliss-reactive ketones (excluding diaryl/α,β-unsaturated/α-hetero) is 1. The van der Waals surface area contributed by atoms with Crippen LogP contribution in [0.5, 0.6) is 0 Å². The minimum absolute atomic E-state index is 0.218. The van der Waals surface area contributed by atoms with E-state index in [-0.39, 0.29) is 5.78 Å². The molecule has 1 aliphatic heterocycles. The van der Waals surface area contributed by atoms with Crippen LogP contribution in [-0.4, -0.2) is 48.1 Å². The van der Waals surface area contributed by atoms with Crippen molar-refractivity contribution in [1.29, 1.82) is 0 Å². The van der Waals surface area contributed by atoms with Crippen molar-refractivity contribution in [3.8, 4) is 0 Å². The van der Waals surface area contributed by atoms with Crippen LogP contribution in [0.15, 0.2) is 6.07 Å². The van der Waals surface area contributed by atoms with Gasteiger partial charge >= 0.3 is 0 Å². The Morgan fingerprint density at radius 2 is 2.05 bits per heavy atom. The van der Waals surface area contributed by atoms with Crippen molar-refractivity contribution in [2.24, 2.45) is 7.05 Å². The molecule has 0 atom stereocenters. The van der Waals surface area contributed by atoms with Gasteiger partial charge in [-0.2, -0.15) is 0 Å². The molecule has 4 heteroatoms. The number of likely N-dealkylation sites (N-methyl/N-ethyl adjacent to an activating group) is 1. The standard InChI is InChI=1S/C15H24N2O2/c1-11-9-14(12(2)17(11)4)15(18)10-16(3)13-5-7-19-8-6-13/h9,13H,5-8,10H2,1-4H3. The molecule has 2 heterocycles.